The molecule has 0 aliphatic carbocycles. The third kappa shape index (κ3) is 5.99. The van der Waals surface area contributed by atoms with Gasteiger partial charge in [-0.05, 0) is 56.2 Å². The molecule has 0 aliphatic rings. The van der Waals surface area contributed by atoms with Crippen molar-refractivity contribution in [3.63, 3.8) is 0 Å². The number of aryl methyl sites for hydroxylation is 1. The lowest BCUT2D eigenvalue weighted by Gasteiger charge is -2.13. The van der Waals surface area contributed by atoms with Crippen molar-refractivity contribution < 1.29 is 19.1 Å². The Morgan fingerprint density at radius 1 is 1.11 bits per heavy atom. The van der Waals surface area contributed by atoms with Crippen molar-refractivity contribution >= 4 is 35.3 Å². The van der Waals surface area contributed by atoms with Gasteiger partial charge in [0.2, 0.25) is 0 Å². The molecule has 8 heteroatoms. The summed E-state index contributed by atoms with van der Waals surface area (Å²) in [5.74, 6) is -0.783. The van der Waals surface area contributed by atoms with Gasteiger partial charge in [-0.2, -0.15) is 5.10 Å². The van der Waals surface area contributed by atoms with Crippen molar-refractivity contribution in [3.05, 3.63) is 52.5 Å². The van der Waals surface area contributed by atoms with Crippen molar-refractivity contribution in [2.75, 3.05) is 18.5 Å². The fourth-order valence-corrected chi connectivity index (χ4v) is 2.61. The van der Waals surface area contributed by atoms with Crippen LogP contribution in [0.5, 0.6) is 11.5 Å². The van der Waals surface area contributed by atoms with Gasteiger partial charge in [0.1, 0.15) is 0 Å². The van der Waals surface area contributed by atoms with E-state index < -0.39 is 11.8 Å². The number of carbonyl (C=O) groups is 2. The van der Waals surface area contributed by atoms with Crippen LogP contribution in [-0.4, -0.2) is 31.2 Å². The lowest BCUT2D eigenvalue weighted by Crippen LogP contribution is -2.32. The predicted octanol–water partition coefficient (Wildman–Crippen LogP) is 3.53. The number of hydrazone groups is 1. The van der Waals surface area contributed by atoms with E-state index in [1.807, 2.05) is 26.8 Å². The molecule has 148 valence electrons. The second-order valence-corrected chi connectivity index (χ2v) is 6.13. The average molecular weight is 404 g/mol. The van der Waals surface area contributed by atoms with E-state index in [1.54, 1.807) is 30.3 Å². The molecule has 2 N–H and O–H groups in total. The number of hydrogen-bond acceptors (Lipinski definition) is 5. The van der Waals surface area contributed by atoms with Gasteiger partial charge in [-0.25, -0.2) is 5.43 Å². The molecule has 7 nitrogen and oxygen atoms in total. The van der Waals surface area contributed by atoms with Gasteiger partial charge in [-0.3, -0.25) is 9.59 Å². The monoisotopic (exact) mass is 403 g/mol. The molecule has 0 radical (unpaired) electrons. The normalized spacial score (nSPS) is 10.6. The summed E-state index contributed by atoms with van der Waals surface area (Å²) in [5, 5.41) is 6.66. The number of amides is 2. The number of ether oxygens (including phenoxy) is 2. The summed E-state index contributed by atoms with van der Waals surface area (Å²) < 4.78 is 11.0. The molecule has 28 heavy (non-hydrogen) atoms. The van der Waals surface area contributed by atoms with E-state index in [4.69, 9.17) is 21.1 Å². The number of anilines is 1. The van der Waals surface area contributed by atoms with Gasteiger partial charge in [0.05, 0.1) is 24.5 Å². The molecule has 2 aromatic rings. The van der Waals surface area contributed by atoms with E-state index >= 15 is 0 Å². The zero-order valence-electron chi connectivity index (χ0n) is 15.9. The highest BCUT2D eigenvalue weighted by Crippen LogP contribution is 2.36. The minimum atomic E-state index is -0.889. The van der Waals surface area contributed by atoms with Crippen LogP contribution < -0.4 is 20.2 Å². The van der Waals surface area contributed by atoms with Crippen LogP contribution in [0, 0.1) is 6.92 Å². The summed E-state index contributed by atoms with van der Waals surface area (Å²) in [4.78, 5) is 23.8. The first-order valence-electron chi connectivity index (χ1n) is 8.74. The summed E-state index contributed by atoms with van der Waals surface area (Å²) in [6.07, 6.45) is 1.36. The van der Waals surface area contributed by atoms with Crippen molar-refractivity contribution in [2.45, 2.75) is 20.8 Å². The van der Waals surface area contributed by atoms with E-state index in [1.165, 1.54) is 6.21 Å². The lowest BCUT2D eigenvalue weighted by molar-refractivity contribution is -0.136. The van der Waals surface area contributed by atoms with E-state index in [0.717, 1.165) is 5.56 Å². The Bertz CT molecular complexity index is 884. The summed E-state index contributed by atoms with van der Waals surface area (Å²) in [6.45, 7) is 6.46. The van der Waals surface area contributed by atoms with Crippen LogP contribution in [0.4, 0.5) is 5.69 Å². The summed E-state index contributed by atoms with van der Waals surface area (Å²) in [5.41, 5.74) is 4.26. The van der Waals surface area contributed by atoms with Gasteiger partial charge < -0.3 is 14.8 Å². The molecule has 2 rings (SSSR count). The number of benzene rings is 2. The fourth-order valence-electron chi connectivity index (χ4n) is 2.34. The molecular weight excluding hydrogens is 382 g/mol. The van der Waals surface area contributed by atoms with Crippen LogP contribution in [0.1, 0.15) is 25.0 Å². The maximum atomic E-state index is 11.9. The zero-order chi connectivity index (χ0) is 20.5. The molecule has 2 aromatic carbocycles. The highest BCUT2D eigenvalue weighted by molar-refractivity contribution is 6.39. The van der Waals surface area contributed by atoms with Gasteiger partial charge in [0, 0.05) is 5.69 Å². The number of carbonyl (C=O) groups excluding carboxylic acids is 2. The number of nitrogens with zero attached hydrogens (tertiary/aromatic N) is 1. The molecule has 0 aliphatic heterocycles. The Kier molecular flexibility index (Phi) is 7.83. The van der Waals surface area contributed by atoms with Gasteiger partial charge in [-0.15, -0.1) is 0 Å². The lowest BCUT2D eigenvalue weighted by atomic mass is 10.2. The van der Waals surface area contributed by atoms with Crippen molar-refractivity contribution in [3.8, 4) is 11.5 Å². The van der Waals surface area contributed by atoms with Crippen LogP contribution in [0.25, 0.3) is 0 Å². The summed E-state index contributed by atoms with van der Waals surface area (Å²) >= 11 is 6.23. The third-order valence-corrected chi connectivity index (χ3v) is 3.76. The molecule has 0 heterocycles. The Balaban J connectivity index is 2.03. The fraction of sp³-hybridized carbons (Fsp3) is 0.250. The minimum Gasteiger partial charge on any atom is -0.490 e. The molecule has 0 aromatic heterocycles. The zero-order valence-corrected chi connectivity index (χ0v) is 16.7. The Hall–Kier alpha value is -3.06. The molecule has 2 amide bonds. The number of nitrogens with one attached hydrogen (secondary N) is 2. The van der Waals surface area contributed by atoms with Crippen molar-refractivity contribution in [1.82, 2.24) is 5.43 Å². The van der Waals surface area contributed by atoms with Crippen LogP contribution in [-0.2, 0) is 9.59 Å². The maximum absolute atomic E-state index is 11.9. The standard InChI is InChI=1S/C20H22ClN3O4/c1-4-27-17-11-14(10-16(21)18(17)28-5-2)12-22-24-20(26)19(25)23-15-8-6-7-13(3)9-15/h6-12H,4-5H2,1-3H3,(H,23,25)(H,24,26)/b22-12-. The third-order valence-electron chi connectivity index (χ3n) is 3.48. The first-order valence-corrected chi connectivity index (χ1v) is 9.12. The first kappa shape index (κ1) is 21.2. The molecular formula is C20H22ClN3O4. The predicted molar refractivity (Wildman–Crippen MR) is 109 cm³/mol. The Morgan fingerprint density at radius 2 is 1.86 bits per heavy atom. The van der Waals surface area contributed by atoms with Gasteiger partial charge >= 0.3 is 11.8 Å². The Morgan fingerprint density at radius 3 is 2.54 bits per heavy atom. The largest absolute Gasteiger partial charge is 0.490 e. The van der Waals surface area contributed by atoms with Crippen LogP contribution >= 0.6 is 11.6 Å². The van der Waals surface area contributed by atoms with Crippen LogP contribution in [0.3, 0.4) is 0 Å². The second kappa shape index (κ2) is 10.3. The highest BCUT2D eigenvalue weighted by atomic mass is 35.5. The van der Waals surface area contributed by atoms with E-state index in [9.17, 15) is 9.59 Å². The maximum Gasteiger partial charge on any atom is 0.329 e. The molecule has 0 saturated carbocycles. The molecule has 0 spiro atoms. The number of hydrogen-bond donors (Lipinski definition) is 2. The topological polar surface area (TPSA) is 89.0 Å². The number of halogens is 1. The van der Waals surface area contributed by atoms with Crippen LogP contribution in [0.15, 0.2) is 41.5 Å². The van der Waals surface area contributed by atoms with Gasteiger partial charge in [0.15, 0.2) is 11.5 Å². The first-order chi connectivity index (χ1) is 13.4. The van der Waals surface area contributed by atoms with E-state index in [2.05, 4.69) is 15.8 Å². The highest BCUT2D eigenvalue weighted by Gasteiger charge is 2.14. The molecule has 0 fully saturated rings. The Labute approximate surface area is 168 Å². The second-order valence-electron chi connectivity index (χ2n) is 5.72. The quantitative estimate of drug-likeness (QED) is 0.420. The molecule has 0 atom stereocenters. The summed E-state index contributed by atoms with van der Waals surface area (Å²) in [7, 11) is 0. The average Bonchev–Trinajstić information content (AvgIpc) is 2.64. The molecule has 0 unspecified atom stereocenters. The van der Waals surface area contributed by atoms with Gasteiger partial charge in [-0.1, -0.05) is 23.7 Å². The smallest absolute Gasteiger partial charge is 0.329 e. The SMILES string of the molecule is CCOc1cc(/C=N\NC(=O)C(=O)Nc2cccc(C)c2)cc(Cl)c1OCC. The van der Waals surface area contributed by atoms with Crippen LogP contribution in [0.2, 0.25) is 5.02 Å². The van der Waals surface area contributed by atoms with E-state index in [-0.39, 0.29) is 0 Å². The molecule has 0 saturated heterocycles. The van der Waals surface area contributed by atoms with Crippen molar-refractivity contribution in [1.29, 1.82) is 0 Å². The minimum absolute atomic E-state index is 0.359. The van der Waals surface area contributed by atoms with Crippen molar-refractivity contribution in [2.24, 2.45) is 5.10 Å². The number of rotatable bonds is 7. The molecule has 0 bridgehead atoms. The van der Waals surface area contributed by atoms with Gasteiger partial charge in [0.25, 0.3) is 0 Å². The van der Waals surface area contributed by atoms with E-state index in [0.29, 0.717) is 41.0 Å². The summed E-state index contributed by atoms with van der Waals surface area (Å²) in [6, 6.07) is 10.4.